The van der Waals surface area contributed by atoms with Crippen LogP contribution in [0.5, 0.6) is 11.5 Å². The van der Waals surface area contributed by atoms with Crippen molar-refractivity contribution in [2.45, 2.75) is 13.5 Å². The number of amides is 2. The summed E-state index contributed by atoms with van der Waals surface area (Å²) in [5.41, 5.74) is 0.668. The number of benzene rings is 1. The zero-order valence-corrected chi connectivity index (χ0v) is 15.8. The minimum Gasteiger partial charge on any atom is -0.491 e. The Labute approximate surface area is 162 Å². The number of ether oxygens (including phenoxy) is 2. The van der Waals surface area contributed by atoms with Crippen molar-refractivity contribution in [2.24, 2.45) is 0 Å². The average Bonchev–Trinajstić information content (AvgIpc) is 3.17. The molecule has 0 atom stereocenters. The van der Waals surface area contributed by atoms with Crippen molar-refractivity contribution in [3.8, 4) is 11.5 Å². The van der Waals surface area contributed by atoms with Crippen LogP contribution in [0.1, 0.15) is 18.2 Å². The maximum absolute atomic E-state index is 11.9. The van der Waals surface area contributed by atoms with E-state index in [-0.39, 0.29) is 19.0 Å². The van der Waals surface area contributed by atoms with Gasteiger partial charge in [0.2, 0.25) is 11.8 Å². The Morgan fingerprint density at radius 2 is 2.11 bits per heavy atom. The lowest BCUT2D eigenvalue weighted by Gasteiger charge is -2.11. The Morgan fingerprint density at radius 1 is 1.30 bits per heavy atom. The predicted octanol–water partition coefficient (Wildman–Crippen LogP) is 2.79. The van der Waals surface area contributed by atoms with Gasteiger partial charge in [0.1, 0.15) is 5.76 Å². The fraction of sp³-hybridized carbons (Fsp3) is 0.263. The summed E-state index contributed by atoms with van der Waals surface area (Å²) in [6.07, 6.45) is 4.41. The largest absolute Gasteiger partial charge is 0.491 e. The van der Waals surface area contributed by atoms with Crippen LogP contribution in [0.15, 0.2) is 41.0 Å². The molecule has 2 aromatic rings. The first-order valence-corrected chi connectivity index (χ1v) is 8.66. The van der Waals surface area contributed by atoms with Crippen molar-refractivity contribution < 1.29 is 23.5 Å². The summed E-state index contributed by atoms with van der Waals surface area (Å²) >= 11 is 6.17. The highest BCUT2D eigenvalue weighted by Crippen LogP contribution is 2.36. The van der Waals surface area contributed by atoms with Gasteiger partial charge in [-0.3, -0.25) is 9.59 Å². The zero-order valence-electron chi connectivity index (χ0n) is 15.1. The Hall–Kier alpha value is -2.93. The molecule has 2 N–H and O–H groups in total. The van der Waals surface area contributed by atoms with Crippen molar-refractivity contribution in [3.63, 3.8) is 0 Å². The molecule has 0 saturated heterocycles. The quantitative estimate of drug-likeness (QED) is 0.640. The summed E-state index contributed by atoms with van der Waals surface area (Å²) in [5, 5.41) is 5.51. The van der Waals surface area contributed by atoms with Gasteiger partial charge in [-0.05, 0) is 42.8 Å². The van der Waals surface area contributed by atoms with E-state index in [2.05, 4.69) is 10.6 Å². The Balaban J connectivity index is 1.87. The summed E-state index contributed by atoms with van der Waals surface area (Å²) in [5.74, 6) is 0.835. The van der Waals surface area contributed by atoms with E-state index >= 15 is 0 Å². The van der Waals surface area contributed by atoms with Gasteiger partial charge in [-0.1, -0.05) is 11.6 Å². The summed E-state index contributed by atoms with van der Waals surface area (Å²) in [6.45, 7) is 2.42. The predicted molar refractivity (Wildman–Crippen MR) is 102 cm³/mol. The first-order chi connectivity index (χ1) is 13.0. The molecule has 0 aliphatic heterocycles. The molecule has 0 bridgehead atoms. The van der Waals surface area contributed by atoms with Crippen LogP contribution in [0, 0.1) is 0 Å². The number of hydrogen-bond acceptors (Lipinski definition) is 5. The summed E-state index contributed by atoms with van der Waals surface area (Å²) in [4.78, 5) is 23.6. The molecular formula is C19H21ClN2O5. The minimum absolute atomic E-state index is 0.141. The van der Waals surface area contributed by atoms with Crippen molar-refractivity contribution >= 4 is 29.5 Å². The van der Waals surface area contributed by atoms with Gasteiger partial charge in [0.05, 0.1) is 38.1 Å². The molecule has 27 heavy (non-hydrogen) atoms. The Morgan fingerprint density at radius 3 is 2.78 bits per heavy atom. The lowest BCUT2D eigenvalue weighted by atomic mass is 10.2. The maximum Gasteiger partial charge on any atom is 0.244 e. The lowest BCUT2D eigenvalue weighted by Crippen LogP contribution is -2.35. The second kappa shape index (κ2) is 10.3. The molecule has 2 rings (SSSR count). The van der Waals surface area contributed by atoms with E-state index in [1.165, 1.54) is 19.4 Å². The highest BCUT2D eigenvalue weighted by Gasteiger charge is 2.11. The van der Waals surface area contributed by atoms with Gasteiger partial charge in [-0.25, -0.2) is 0 Å². The van der Waals surface area contributed by atoms with E-state index in [1.807, 2.05) is 6.92 Å². The van der Waals surface area contributed by atoms with Crippen molar-refractivity contribution in [3.05, 3.63) is 53.0 Å². The van der Waals surface area contributed by atoms with Crippen molar-refractivity contribution in [1.29, 1.82) is 0 Å². The van der Waals surface area contributed by atoms with Crippen LogP contribution in [0.4, 0.5) is 0 Å². The van der Waals surface area contributed by atoms with Crippen LogP contribution in [-0.2, 0) is 16.1 Å². The minimum atomic E-state index is -0.409. The van der Waals surface area contributed by atoms with E-state index < -0.39 is 5.91 Å². The molecule has 1 aromatic heterocycles. The molecule has 7 nitrogen and oxygen atoms in total. The van der Waals surface area contributed by atoms with Crippen LogP contribution in [0.25, 0.3) is 6.08 Å². The molecule has 0 unspecified atom stereocenters. The number of rotatable bonds is 9. The fourth-order valence-electron chi connectivity index (χ4n) is 2.20. The average molecular weight is 393 g/mol. The molecule has 0 aliphatic rings. The van der Waals surface area contributed by atoms with Crippen LogP contribution in [0.3, 0.4) is 0 Å². The molecule has 0 fully saturated rings. The molecule has 0 aliphatic carbocycles. The number of halogens is 1. The molecular weight excluding hydrogens is 372 g/mol. The van der Waals surface area contributed by atoms with Crippen LogP contribution < -0.4 is 20.1 Å². The third-order valence-electron chi connectivity index (χ3n) is 3.43. The highest BCUT2D eigenvalue weighted by molar-refractivity contribution is 6.32. The molecule has 8 heteroatoms. The van der Waals surface area contributed by atoms with Gasteiger partial charge in [0, 0.05) is 6.08 Å². The molecule has 2 amide bonds. The van der Waals surface area contributed by atoms with Crippen molar-refractivity contribution in [1.82, 2.24) is 10.6 Å². The van der Waals surface area contributed by atoms with E-state index in [1.54, 1.807) is 30.3 Å². The summed E-state index contributed by atoms with van der Waals surface area (Å²) in [6, 6.07) is 6.85. The monoisotopic (exact) mass is 392 g/mol. The first kappa shape index (κ1) is 20.4. The van der Waals surface area contributed by atoms with Gasteiger partial charge in [0.15, 0.2) is 11.5 Å². The van der Waals surface area contributed by atoms with E-state index in [0.717, 1.165) is 0 Å². The van der Waals surface area contributed by atoms with Gasteiger partial charge >= 0.3 is 0 Å². The van der Waals surface area contributed by atoms with E-state index in [0.29, 0.717) is 34.5 Å². The third kappa shape index (κ3) is 6.38. The molecule has 0 spiro atoms. The molecule has 1 aromatic carbocycles. The first-order valence-electron chi connectivity index (χ1n) is 8.28. The number of hydrogen-bond donors (Lipinski definition) is 2. The number of carbonyl (C=O) groups excluding carboxylic acids is 2. The summed E-state index contributed by atoms with van der Waals surface area (Å²) in [7, 11) is 1.50. The van der Waals surface area contributed by atoms with Gasteiger partial charge in [-0.2, -0.15) is 0 Å². The SMILES string of the molecule is CCOc1cc(/C=C/C(=O)NCC(=O)NCc2ccco2)cc(Cl)c1OC. The Kier molecular flexibility index (Phi) is 7.76. The Bertz CT molecular complexity index is 803. The van der Waals surface area contributed by atoms with Gasteiger partial charge < -0.3 is 24.5 Å². The highest BCUT2D eigenvalue weighted by atomic mass is 35.5. The van der Waals surface area contributed by atoms with Gasteiger partial charge in [0.25, 0.3) is 0 Å². The third-order valence-corrected chi connectivity index (χ3v) is 3.71. The van der Waals surface area contributed by atoms with Crippen LogP contribution >= 0.6 is 11.6 Å². The standard InChI is InChI=1S/C19H21ClN2O5/c1-3-26-16-10-13(9-15(20)19(16)25-2)6-7-17(23)22-12-18(24)21-11-14-5-4-8-27-14/h4-10H,3,11-12H2,1-2H3,(H,21,24)(H,22,23)/b7-6+. The molecule has 0 radical (unpaired) electrons. The molecule has 144 valence electrons. The smallest absolute Gasteiger partial charge is 0.244 e. The molecule has 0 saturated carbocycles. The number of furan rings is 1. The van der Waals surface area contributed by atoms with E-state index in [4.69, 9.17) is 25.5 Å². The molecule has 1 heterocycles. The maximum atomic E-state index is 11.9. The number of methoxy groups -OCH3 is 1. The van der Waals surface area contributed by atoms with E-state index in [9.17, 15) is 9.59 Å². The summed E-state index contributed by atoms with van der Waals surface area (Å²) < 4.78 is 15.8. The zero-order chi connectivity index (χ0) is 19.6. The second-order valence-corrected chi connectivity index (χ2v) is 5.78. The second-order valence-electron chi connectivity index (χ2n) is 5.37. The lowest BCUT2D eigenvalue weighted by molar-refractivity contribution is -0.124. The van der Waals surface area contributed by atoms with Crippen LogP contribution in [-0.4, -0.2) is 32.1 Å². The number of nitrogens with one attached hydrogen (secondary N) is 2. The van der Waals surface area contributed by atoms with Gasteiger partial charge in [-0.15, -0.1) is 0 Å². The normalized spacial score (nSPS) is 10.6. The number of carbonyl (C=O) groups is 2. The fourth-order valence-corrected chi connectivity index (χ4v) is 2.50. The van der Waals surface area contributed by atoms with Crippen LogP contribution in [0.2, 0.25) is 5.02 Å². The van der Waals surface area contributed by atoms with Crippen molar-refractivity contribution in [2.75, 3.05) is 20.3 Å². The topological polar surface area (TPSA) is 89.8 Å².